The van der Waals surface area contributed by atoms with E-state index < -0.39 is 0 Å². The van der Waals surface area contributed by atoms with E-state index >= 15 is 0 Å². The topological polar surface area (TPSA) is 26.3 Å². The molecule has 0 atom stereocenters. The predicted molar refractivity (Wildman–Crippen MR) is 98.4 cm³/mol. The summed E-state index contributed by atoms with van der Waals surface area (Å²) in [5.41, 5.74) is 6.17. The van der Waals surface area contributed by atoms with Crippen LogP contribution in [0.2, 0.25) is 0 Å². The van der Waals surface area contributed by atoms with E-state index in [9.17, 15) is 4.79 Å². The molecule has 0 aromatic heterocycles. The number of allylic oxidation sites excluding steroid dienone is 1. The largest absolute Gasteiger partial charge is 0.465 e. The molecule has 0 saturated heterocycles. The van der Waals surface area contributed by atoms with Gasteiger partial charge in [-0.2, -0.15) is 0 Å². The first-order chi connectivity index (χ1) is 10.9. The van der Waals surface area contributed by atoms with Gasteiger partial charge in [0.25, 0.3) is 0 Å². The summed E-state index contributed by atoms with van der Waals surface area (Å²) in [4.78, 5) is 12.3. The first-order valence-corrected chi connectivity index (χ1v) is 8.32. The normalized spacial score (nSPS) is 11.9. The smallest absolute Gasteiger partial charge is 0.338 e. The maximum Gasteiger partial charge on any atom is 0.338 e. The first-order valence-electron chi connectivity index (χ1n) is 7.53. The molecule has 0 heterocycles. The SMILES string of the molecule is COC(=O)/C(=C(\C)Cc1cc(C)ccc1C)c1ccccc1Br. The van der Waals surface area contributed by atoms with Gasteiger partial charge in [-0.1, -0.05) is 63.5 Å². The van der Waals surface area contributed by atoms with Gasteiger partial charge in [-0.25, -0.2) is 4.79 Å². The zero-order valence-electron chi connectivity index (χ0n) is 13.9. The molecule has 0 unspecified atom stereocenters. The molecule has 2 nitrogen and oxygen atoms in total. The Balaban J connectivity index is 2.52. The van der Waals surface area contributed by atoms with E-state index in [1.807, 2.05) is 31.2 Å². The monoisotopic (exact) mass is 372 g/mol. The van der Waals surface area contributed by atoms with E-state index in [1.165, 1.54) is 23.8 Å². The van der Waals surface area contributed by atoms with Crippen LogP contribution in [0.5, 0.6) is 0 Å². The molecule has 0 spiro atoms. The van der Waals surface area contributed by atoms with Gasteiger partial charge in [-0.15, -0.1) is 0 Å². The third-order valence-corrected chi connectivity index (χ3v) is 4.61. The van der Waals surface area contributed by atoms with Crippen LogP contribution in [-0.2, 0) is 16.0 Å². The van der Waals surface area contributed by atoms with Crippen molar-refractivity contribution in [2.45, 2.75) is 27.2 Å². The molecule has 2 aromatic carbocycles. The van der Waals surface area contributed by atoms with E-state index in [-0.39, 0.29) is 5.97 Å². The van der Waals surface area contributed by atoms with Gasteiger partial charge in [-0.3, -0.25) is 0 Å². The van der Waals surface area contributed by atoms with Crippen molar-refractivity contribution in [3.8, 4) is 0 Å². The van der Waals surface area contributed by atoms with Gasteiger partial charge in [0.15, 0.2) is 0 Å². The molecule has 2 rings (SSSR count). The van der Waals surface area contributed by atoms with Crippen molar-refractivity contribution in [2.75, 3.05) is 7.11 Å². The Labute approximate surface area is 146 Å². The summed E-state index contributed by atoms with van der Waals surface area (Å²) in [6.45, 7) is 6.17. The zero-order chi connectivity index (χ0) is 17.0. The number of ether oxygens (including phenoxy) is 1. The van der Waals surface area contributed by atoms with Crippen LogP contribution in [-0.4, -0.2) is 13.1 Å². The van der Waals surface area contributed by atoms with Gasteiger partial charge < -0.3 is 4.74 Å². The number of rotatable bonds is 4. The lowest BCUT2D eigenvalue weighted by Gasteiger charge is -2.14. The fourth-order valence-corrected chi connectivity index (χ4v) is 3.13. The molecule has 0 aliphatic carbocycles. The molecule has 0 amide bonds. The standard InChI is InChI=1S/C20H21BrO2/c1-13-9-10-14(2)16(11-13)12-15(3)19(20(22)23-4)17-7-5-6-8-18(17)21/h5-11H,12H2,1-4H3/b19-15+. The molecule has 0 aliphatic heterocycles. The Morgan fingerprint density at radius 1 is 1.13 bits per heavy atom. The van der Waals surface area contributed by atoms with Crippen LogP contribution >= 0.6 is 15.9 Å². The Morgan fingerprint density at radius 3 is 2.48 bits per heavy atom. The second kappa shape index (κ2) is 7.60. The quantitative estimate of drug-likeness (QED) is 0.540. The average molecular weight is 373 g/mol. The maximum atomic E-state index is 12.3. The first kappa shape index (κ1) is 17.5. The Kier molecular flexibility index (Phi) is 5.78. The van der Waals surface area contributed by atoms with Crippen molar-refractivity contribution in [3.63, 3.8) is 0 Å². The highest BCUT2D eigenvalue weighted by molar-refractivity contribution is 9.10. The molecule has 0 N–H and O–H groups in total. The molecule has 0 fully saturated rings. The number of hydrogen-bond donors (Lipinski definition) is 0. The van der Waals surface area contributed by atoms with Crippen LogP contribution in [0, 0.1) is 13.8 Å². The van der Waals surface area contributed by atoms with Gasteiger partial charge in [0.1, 0.15) is 0 Å². The summed E-state index contributed by atoms with van der Waals surface area (Å²) in [6, 6.07) is 14.1. The zero-order valence-corrected chi connectivity index (χ0v) is 15.5. The van der Waals surface area contributed by atoms with E-state index in [4.69, 9.17) is 4.74 Å². The second-order valence-corrected chi connectivity index (χ2v) is 6.59. The van der Waals surface area contributed by atoms with Crippen molar-refractivity contribution in [1.82, 2.24) is 0 Å². The molecule has 120 valence electrons. The fraction of sp³-hybridized carbons (Fsp3) is 0.250. The molecule has 23 heavy (non-hydrogen) atoms. The lowest BCUT2D eigenvalue weighted by molar-refractivity contribution is -0.133. The number of methoxy groups -OCH3 is 1. The van der Waals surface area contributed by atoms with Crippen molar-refractivity contribution in [2.24, 2.45) is 0 Å². The third kappa shape index (κ3) is 4.11. The molecule has 0 radical (unpaired) electrons. The summed E-state index contributed by atoms with van der Waals surface area (Å²) < 4.78 is 5.91. The van der Waals surface area contributed by atoms with E-state index in [1.54, 1.807) is 0 Å². The highest BCUT2D eigenvalue weighted by Crippen LogP contribution is 2.29. The second-order valence-electron chi connectivity index (χ2n) is 5.73. The van der Waals surface area contributed by atoms with Crippen LogP contribution in [0.15, 0.2) is 52.5 Å². The molecule has 3 heteroatoms. The van der Waals surface area contributed by atoms with Gasteiger partial charge in [0, 0.05) is 10.0 Å². The van der Waals surface area contributed by atoms with E-state index in [2.05, 4.69) is 48.0 Å². The summed E-state index contributed by atoms with van der Waals surface area (Å²) in [7, 11) is 1.42. The third-order valence-electron chi connectivity index (χ3n) is 3.92. The predicted octanol–water partition coefficient (Wildman–Crippen LogP) is 5.26. The van der Waals surface area contributed by atoms with E-state index in [0.29, 0.717) is 5.57 Å². The molecular weight excluding hydrogens is 352 g/mol. The van der Waals surface area contributed by atoms with Crippen LogP contribution < -0.4 is 0 Å². The molecular formula is C20H21BrO2. The minimum absolute atomic E-state index is 0.306. The van der Waals surface area contributed by atoms with Gasteiger partial charge in [-0.05, 0) is 44.4 Å². The summed E-state index contributed by atoms with van der Waals surface area (Å²) in [5, 5.41) is 0. The van der Waals surface area contributed by atoms with E-state index in [0.717, 1.165) is 22.0 Å². The number of carbonyl (C=O) groups is 1. The number of aryl methyl sites for hydroxylation is 2. The highest BCUT2D eigenvalue weighted by atomic mass is 79.9. The molecule has 0 aliphatic rings. The summed E-state index contributed by atoms with van der Waals surface area (Å²) in [5.74, 6) is -0.306. The molecule has 2 aromatic rings. The van der Waals surface area contributed by atoms with Crippen molar-refractivity contribution < 1.29 is 9.53 Å². The maximum absolute atomic E-state index is 12.3. The lowest BCUT2D eigenvalue weighted by atomic mass is 9.93. The van der Waals surface area contributed by atoms with Crippen molar-refractivity contribution in [1.29, 1.82) is 0 Å². The van der Waals surface area contributed by atoms with Gasteiger partial charge in [0.05, 0.1) is 12.7 Å². The van der Waals surface area contributed by atoms with Gasteiger partial charge >= 0.3 is 5.97 Å². The summed E-state index contributed by atoms with van der Waals surface area (Å²) >= 11 is 3.53. The van der Waals surface area contributed by atoms with Crippen molar-refractivity contribution >= 4 is 27.5 Å². The molecule has 0 saturated carbocycles. The Morgan fingerprint density at radius 2 is 1.83 bits per heavy atom. The minimum atomic E-state index is -0.306. The number of benzene rings is 2. The summed E-state index contributed by atoms with van der Waals surface area (Å²) in [6.07, 6.45) is 0.722. The lowest BCUT2D eigenvalue weighted by Crippen LogP contribution is -2.08. The van der Waals surface area contributed by atoms with Crippen LogP contribution in [0.1, 0.15) is 29.2 Å². The van der Waals surface area contributed by atoms with Crippen molar-refractivity contribution in [3.05, 3.63) is 74.8 Å². The Hall–Kier alpha value is -1.87. The average Bonchev–Trinajstić information content (AvgIpc) is 2.52. The minimum Gasteiger partial charge on any atom is -0.465 e. The van der Waals surface area contributed by atoms with Gasteiger partial charge in [0.2, 0.25) is 0 Å². The van der Waals surface area contributed by atoms with Crippen LogP contribution in [0.4, 0.5) is 0 Å². The van der Waals surface area contributed by atoms with Crippen LogP contribution in [0.3, 0.4) is 0 Å². The highest BCUT2D eigenvalue weighted by Gasteiger charge is 2.18. The number of halogens is 1. The number of carbonyl (C=O) groups excluding carboxylic acids is 1. The number of esters is 1. The van der Waals surface area contributed by atoms with Crippen LogP contribution in [0.25, 0.3) is 5.57 Å². The number of hydrogen-bond acceptors (Lipinski definition) is 2. The Bertz CT molecular complexity index is 760. The fourth-order valence-electron chi connectivity index (χ4n) is 2.64. The molecule has 0 bridgehead atoms.